The highest BCUT2D eigenvalue weighted by Crippen LogP contribution is 2.44. The zero-order valence-electron chi connectivity index (χ0n) is 32.2. The minimum absolute atomic E-state index is 0.927. The Kier molecular flexibility index (Phi) is 7.57. The van der Waals surface area contributed by atoms with Gasteiger partial charge >= 0.3 is 0 Å². The fourth-order valence-corrected chi connectivity index (χ4v) is 9.27. The van der Waals surface area contributed by atoms with Gasteiger partial charge in [0.15, 0.2) is 0 Å². The van der Waals surface area contributed by atoms with Gasteiger partial charge in [0.25, 0.3) is 0 Å². The number of imidazole rings is 1. The van der Waals surface area contributed by atoms with Gasteiger partial charge < -0.3 is 0 Å². The van der Waals surface area contributed by atoms with E-state index >= 15 is 0 Å². The molecule has 0 aliphatic heterocycles. The molecule has 0 bridgehead atoms. The highest BCUT2D eigenvalue weighted by atomic mass is 15.1. The average Bonchev–Trinajstić information content (AvgIpc) is 3.71. The van der Waals surface area contributed by atoms with Crippen molar-refractivity contribution in [2.24, 2.45) is 0 Å². The van der Waals surface area contributed by atoms with Crippen molar-refractivity contribution < 1.29 is 0 Å². The highest BCUT2D eigenvalue weighted by molar-refractivity contribution is 6.24. The molecular weight excluding hydrogens is 713 g/mol. The topological polar surface area (TPSA) is 17.8 Å². The molecule has 0 saturated carbocycles. The van der Waals surface area contributed by atoms with E-state index in [9.17, 15) is 0 Å². The van der Waals surface area contributed by atoms with E-state index in [4.69, 9.17) is 4.98 Å². The summed E-state index contributed by atoms with van der Waals surface area (Å²) < 4.78 is 2.27. The average molecular weight is 749 g/mol. The van der Waals surface area contributed by atoms with Crippen LogP contribution in [-0.2, 0) is 0 Å². The molecule has 274 valence electrons. The lowest BCUT2D eigenvalue weighted by Gasteiger charge is -2.17. The quantitative estimate of drug-likeness (QED) is 0.160. The lowest BCUT2D eigenvalue weighted by atomic mass is 9.86. The second-order valence-corrected chi connectivity index (χ2v) is 15.5. The summed E-state index contributed by atoms with van der Waals surface area (Å²) in [5.41, 5.74) is 11.5. The third-order valence-corrected chi connectivity index (χ3v) is 12.1. The Labute approximate surface area is 341 Å². The van der Waals surface area contributed by atoms with Crippen LogP contribution in [0.5, 0.6) is 0 Å². The van der Waals surface area contributed by atoms with Crippen molar-refractivity contribution in [1.82, 2.24) is 9.55 Å². The van der Waals surface area contributed by atoms with Gasteiger partial charge in [-0.05, 0) is 148 Å². The molecule has 0 radical (unpaired) electrons. The van der Waals surface area contributed by atoms with E-state index in [1.54, 1.807) is 0 Å². The lowest BCUT2D eigenvalue weighted by molar-refractivity contribution is 1.10. The first kappa shape index (κ1) is 33.3. The van der Waals surface area contributed by atoms with Crippen molar-refractivity contribution in [3.63, 3.8) is 0 Å². The standard InChI is InChI=1S/C57H36N2/c1-2-19-46(20-3-1)59-56-24-11-10-23-55(56)58-57(59)45-18-12-17-41(33-45)42-29-30-49-52(34-42)51(44-28-26-38-14-5-7-16-40(38)32-44)36-53-48-22-9-8-21-47(48)50(35-54(49)53)43-27-25-37-13-4-6-15-39(37)31-43/h1-36H. The molecule has 0 saturated heterocycles. The van der Waals surface area contributed by atoms with E-state index < -0.39 is 0 Å². The first-order valence-corrected chi connectivity index (χ1v) is 20.3. The first-order chi connectivity index (χ1) is 29.2. The molecule has 12 rings (SSSR count). The number of hydrogen-bond acceptors (Lipinski definition) is 1. The highest BCUT2D eigenvalue weighted by Gasteiger charge is 2.18. The second kappa shape index (κ2) is 13.4. The molecule has 1 aromatic heterocycles. The summed E-state index contributed by atoms with van der Waals surface area (Å²) in [5.74, 6) is 0.927. The van der Waals surface area contributed by atoms with Gasteiger partial charge in [0.05, 0.1) is 11.0 Å². The van der Waals surface area contributed by atoms with Gasteiger partial charge in [0.2, 0.25) is 0 Å². The van der Waals surface area contributed by atoms with Gasteiger partial charge in [-0.1, -0.05) is 158 Å². The van der Waals surface area contributed by atoms with Crippen molar-refractivity contribution >= 4 is 64.9 Å². The monoisotopic (exact) mass is 748 g/mol. The summed E-state index contributed by atoms with van der Waals surface area (Å²) >= 11 is 0. The van der Waals surface area contributed by atoms with Gasteiger partial charge in [-0.25, -0.2) is 4.98 Å². The van der Waals surface area contributed by atoms with E-state index in [2.05, 4.69) is 223 Å². The van der Waals surface area contributed by atoms with Crippen LogP contribution in [0.4, 0.5) is 0 Å². The molecule has 1 heterocycles. The largest absolute Gasteiger partial charge is 0.292 e. The predicted octanol–water partition coefficient (Wildman–Crippen LogP) is 15.5. The molecule has 2 nitrogen and oxygen atoms in total. The Morgan fingerprint density at radius 2 is 0.831 bits per heavy atom. The van der Waals surface area contributed by atoms with Crippen LogP contribution < -0.4 is 0 Å². The Morgan fingerprint density at radius 3 is 1.56 bits per heavy atom. The Bertz CT molecular complexity index is 3610. The molecule has 0 N–H and O–H groups in total. The molecule has 0 amide bonds. The molecule has 0 fully saturated rings. The van der Waals surface area contributed by atoms with E-state index in [1.807, 2.05) is 0 Å². The molecule has 12 aromatic rings. The van der Waals surface area contributed by atoms with Crippen LogP contribution >= 0.6 is 0 Å². The van der Waals surface area contributed by atoms with Gasteiger partial charge in [-0.3, -0.25) is 4.57 Å². The van der Waals surface area contributed by atoms with E-state index in [0.29, 0.717) is 0 Å². The summed E-state index contributed by atoms with van der Waals surface area (Å²) in [6.07, 6.45) is 0. The predicted molar refractivity (Wildman–Crippen MR) is 250 cm³/mol. The molecule has 0 aliphatic rings. The molecule has 11 aromatic carbocycles. The Hall–Kier alpha value is -7.81. The molecule has 0 atom stereocenters. The van der Waals surface area contributed by atoms with Crippen molar-refractivity contribution in [2.75, 3.05) is 0 Å². The Morgan fingerprint density at radius 1 is 0.288 bits per heavy atom. The van der Waals surface area contributed by atoms with Crippen LogP contribution in [0.15, 0.2) is 218 Å². The number of hydrogen-bond donors (Lipinski definition) is 0. The fraction of sp³-hybridized carbons (Fsp3) is 0. The number of benzene rings is 11. The lowest BCUT2D eigenvalue weighted by Crippen LogP contribution is -1.97. The van der Waals surface area contributed by atoms with E-state index in [0.717, 1.165) is 33.7 Å². The van der Waals surface area contributed by atoms with Crippen LogP contribution in [0.3, 0.4) is 0 Å². The molecule has 59 heavy (non-hydrogen) atoms. The van der Waals surface area contributed by atoms with Gasteiger partial charge in [-0.15, -0.1) is 0 Å². The number of rotatable bonds is 5. The number of fused-ring (bicyclic) bond motifs is 8. The van der Waals surface area contributed by atoms with E-state index in [-0.39, 0.29) is 0 Å². The van der Waals surface area contributed by atoms with Crippen molar-refractivity contribution in [3.05, 3.63) is 218 Å². The maximum Gasteiger partial charge on any atom is 0.145 e. The summed E-state index contributed by atoms with van der Waals surface area (Å²) in [5, 5.41) is 12.5. The normalized spacial score (nSPS) is 11.7. The van der Waals surface area contributed by atoms with Crippen molar-refractivity contribution in [3.8, 4) is 50.5 Å². The zero-order chi connectivity index (χ0) is 38.9. The van der Waals surface area contributed by atoms with Crippen molar-refractivity contribution in [2.45, 2.75) is 0 Å². The Balaban J connectivity index is 1.10. The second-order valence-electron chi connectivity index (χ2n) is 15.5. The minimum atomic E-state index is 0.927. The molecule has 2 heteroatoms. The maximum absolute atomic E-state index is 5.19. The smallest absolute Gasteiger partial charge is 0.145 e. The SMILES string of the molecule is c1ccc(-n2c(-c3cccc(-c4ccc5c(c4)c(-c4ccc6ccccc6c4)cc4c6ccccc6c(-c6ccc7ccccc7c6)cc54)c3)nc3ccccc32)cc1. The number of aromatic nitrogens is 2. The zero-order valence-corrected chi connectivity index (χ0v) is 32.2. The molecular formula is C57H36N2. The van der Waals surface area contributed by atoms with Crippen LogP contribution in [0.25, 0.3) is 115 Å². The fourth-order valence-electron chi connectivity index (χ4n) is 9.27. The van der Waals surface area contributed by atoms with Crippen LogP contribution in [0.1, 0.15) is 0 Å². The summed E-state index contributed by atoms with van der Waals surface area (Å²) in [7, 11) is 0. The number of para-hydroxylation sites is 3. The van der Waals surface area contributed by atoms with Crippen LogP contribution in [0, 0.1) is 0 Å². The summed E-state index contributed by atoms with van der Waals surface area (Å²) in [6.45, 7) is 0. The van der Waals surface area contributed by atoms with Gasteiger partial charge in [0.1, 0.15) is 5.82 Å². The van der Waals surface area contributed by atoms with Crippen LogP contribution in [-0.4, -0.2) is 9.55 Å². The molecule has 0 spiro atoms. The number of nitrogens with zero attached hydrogens (tertiary/aromatic N) is 2. The molecule has 0 unspecified atom stereocenters. The molecule has 0 aliphatic carbocycles. The van der Waals surface area contributed by atoms with Crippen LogP contribution in [0.2, 0.25) is 0 Å². The summed E-state index contributed by atoms with van der Waals surface area (Å²) in [6, 6.07) is 79.7. The van der Waals surface area contributed by atoms with Gasteiger partial charge in [0, 0.05) is 11.3 Å². The first-order valence-electron chi connectivity index (χ1n) is 20.3. The minimum Gasteiger partial charge on any atom is -0.292 e. The van der Waals surface area contributed by atoms with Gasteiger partial charge in [-0.2, -0.15) is 0 Å². The third-order valence-electron chi connectivity index (χ3n) is 12.1. The summed E-state index contributed by atoms with van der Waals surface area (Å²) in [4.78, 5) is 5.19. The third kappa shape index (κ3) is 5.53. The maximum atomic E-state index is 5.19. The van der Waals surface area contributed by atoms with E-state index in [1.165, 1.54) is 81.7 Å². The van der Waals surface area contributed by atoms with Crippen molar-refractivity contribution in [1.29, 1.82) is 0 Å².